The highest BCUT2D eigenvalue weighted by Gasteiger charge is 2.18. The molecule has 214 valence electrons. The van der Waals surface area contributed by atoms with Gasteiger partial charge in [0.2, 0.25) is 5.88 Å². The lowest BCUT2D eigenvalue weighted by Crippen LogP contribution is -2.43. The number of hydrogen-bond acceptors (Lipinski definition) is 7. The zero-order chi connectivity index (χ0) is 29.2. The lowest BCUT2D eigenvalue weighted by Gasteiger charge is -2.32. The molecule has 8 heteroatoms. The SMILES string of the molecule is Cc1ccc(Oc2nc(-c3ccncc3)nc3ccn(C)c23)cc1CC(=O)c1ccc(CN2CCN(C)CC2)c(C)c1. The first-order valence-corrected chi connectivity index (χ1v) is 14.4. The van der Waals surface area contributed by atoms with Crippen molar-refractivity contribution in [1.82, 2.24) is 29.3 Å². The molecule has 0 saturated carbocycles. The molecule has 1 saturated heterocycles. The average Bonchev–Trinajstić information content (AvgIpc) is 3.38. The number of ether oxygens (including phenoxy) is 1. The minimum atomic E-state index is 0.0938. The van der Waals surface area contributed by atoms with Gasteiger partial charge in [-0.25, -0.2) is 4.98 Å². The van der Waals surface area contributed by atoms with Gasteiger partial charge in [0.05, 0.1) is 5.52 Å². The Morgan fingerprint density at radius 2 is 1.64 bits per heavy atom. The number of likely N-dealkylation sites (N-methyl/N-ethyl adjacent to an activating group) is 1. The molecule has 4 heterocycles. The standard InChI is InChI=1S/C34H36N6O2/c1-23-5-8-29(42-34-32-30(11-14-39(32)4)36-33(37-34)25-9-12-35-13-10-25)20-28(23)21-31(41)26-6-7-27(24(2)19-26)22-40-17-15-38(3)16-18-40/h5-14,19-20H,15-18,21-22H2,1-4H3. The fraction of sp³-hybridized carbons (Fsp3) is 0.294. The van der Waals surface area contributed by atoms with Crippen molar-refractivity contribution in [3.05, 3.63) is 101 Å². The molecule has 0 aliphatic carbocycles. The molecule has 1 aliphatic heterocycles. The Kier molecular flexibility index (Phi) is 7.82. The maximum Gasteiger partial charge on any atom is 0.247 e. The smallest absolute Gasteiger partial charge is 0.247 e. The highest BCUT2D eigenvalue weighted by Crippen LogP contribution is 2.31. The van der Waals surface area contributed by atoms with Crippen LogP contribution < -0.4 is 4.74 Å². The number of Topliss-reactive ketones (excluding diaryl/α,β-unsaturated/α-hetero) is 1. The molecule has 0 unspecified atom stereocenters. The first kappa shape index (κ1) is 27.8. The van der Waals surface area contributed by atoms with E-state index < -0.39 is 0 Å². The van der Waals surface area contributed by atoms with Crippen molar-refractivity contribution in [3.8, 4) is 23.0 Å². The molecule has 5 aromatic rings. The summed E-state index contributed by atoms with van der Waals surface area (Å²) in [4.78, 5) is 31.9. The van der Waals surface area contributed by atoms with Gasteiger partial charge in [-0.05, 0) is 79.5 Å². The number of hydrogen-bond donors (Lipinski definition) is 0. The highest BCUT2D eigenvalue weighted by atomic mass is 16.5. The van der Waals surface area contributed by atoms with Crippen molar-refractivity contribution in [2.24, 2.45) is 7.05 Å². The van der Waals surface area contributed by atoms with Crippen LogP contribution in [-0.4, -0.2) is 68.3 Å². The first-order valence-electron chi connectivity index (χ1n) is 14.4. The van der Waals surface area contributed by atoms with Gasteiger partial charge in [-0.1, -0.05) is 18.2 Å². The van der Waals surface area contributed by atoms with Gasteiger partial charge in [-0.2, -0.15) is 4.98 Å². The van der Waals surface area contributed by atoms with Crippen molar-refractivity contribution in [3.63, 3.8) is 0 Å². The van der Waals surface area contributed by atoms with Crippen LogP contribution in [0.2, 0.25) is 0 Å². The Morgan fingerprint density at radius 1 is 0.857 bits per heavy atom. The largest absolute Gasteiger partial charge is 0.437 e. The summed E-state index contributed by atoms with van der Waals surface area (Å²) in [6, 6.07) is 17.7. The lowest BCUT2D eigenvalue weighted by molar-refractivity contribution is 0.0992. The van der Waals surface area contributed by atoms with Crippen molar-refractivity contribution in [2.75, 3.05) is 33.2 Å². The van der Waals surface area contributed by atoms with Crippen LogP contribution in [0, 0.1) is 13.8 Å². The number of fused-ring (bicyclic) bond motifs is 1. The maximum absolute atomic E-state index is 13.4. The minimum absolute atomic E-state index is 0.0938. The van der Waals surface area contributed by atoms with E-state index in [9.17, 15) is 4.79 Å². The summed E-state index contributed by atoms with van der Waals surface area (Å²) in [6.45, 7) is 9.39. The zero-order valence-corrected chi connectivity index (χ0v) is 24.7. The van der Waals surface area contributed by atoms with Gasteiger partial charge in [0.15, 0.2) is 11.6 Å². The quantitative estimate of drug-likeness (QED) is 0.228. The summed E-state index contributed by atoms with van der Waals surface area (Å²) in [5, 5.41) is 0. The second-order valence-corrected chi connectivity index (χ2v) is 11.3. The fourth-order valence-corrected chi connectivity index (χ4v) is 5.44. The molecular weight excluding hydrogens is 524 g/mol. The summed E-state index contributed by atoms with van der Waals surface area (Å²) in [7, 11) is 4.12. The molecule has 42 heavy (non-hydrogen) atoms. The molecule has 1 aliphatic rings. The maximum atomic E-state index is 13.4. The van der Waals surface area contributed by atoms with Gasteiger partial charge in [0.25, 0.3) is 0 Å². The van der Waals surface area contributed by atoms with Crippen molar-refractivity contribution < 1.29 is 9.53 Å². The van der Waals surface area contributed by atoms with Crippen LogP contribution in [0.15, 0.2) is 73.2 Å². The van der Waals surface area contributed by atoms with Gasteiger partial charge in [-0.15, -0.1) is 0 Å². The molecule has 6 rings (SSSR count). The van der Waals surface area contributed by atoms with Crippen LogP contribution in [0.1, 0.15) is 32.6 Å². The summed E-state index contributed by atoms with van der Waals surface area (Å²) in [5.74, 6) is 1.76. The number of pyridine rings is 1. The molecule has 0 N–H and O–H groups in total. The van der Waals surface area contributed by atoms with E-state index in [0.717, 1.165) is 71.6 Å². The van der Waals surface area contributed by atoms with Gasteiger partial charge in [-0.3, -0.25) is 14.7 Å². The molecule has 1 fully saturated rings. The van der Waals surface area contributed by atoms with E-state index in [1.54, 1.807) is 12.4 Å². The molecule has 2 aromatic carbocycles. The topological polar surface area (TPSA) is 76.4 Å². The van der Waals surface area contributed by atoms with Gasteiger partial charge < -0.3 is 14.2 Å². The summed E-state index contributed by atoms with van der Waals surface area (Å²) < 4.78 is 8.34. The van der Waals surface area contributed by atoms with E-state index in [1.807, 2.05) is 73.3 Å². The predicted molar refractivity (Wildman–Crippen MR) is 165 cm³/mol. The van der Waals surface area contributed by atoms with Crippen molar-refractivity contribution in [2.45, 2.75) is 26.8 Å². The van der Waals surface area contributed by atoms with E-state index in [0.29, 0.717) is 23.9 Å². The minimum Gasteiger partial charge on any atom is -0.437 e. The van der Waals surface area contributed by atoms with Gasteiger partial charge >= 0.3 is 0 Å². The zero-order valence-electron chi connectivity index (χ0n) is 24.7. The number of ketones is 1. The van der Waals surface area contributed by atoms with Gasteiger partial charge in [0, 0.05) is 75.9 Å². The first-order chi connectivity index (χ1) is 20.3. The van der Waals surface area contributed by atoms with Crippen molar-refractivity contribution in [1.29, 1.82) is 0 Å². The average molecular weight is 561 g/mol. The summed E-state index contributed by atoms with van der Waals surface area (Å²) in [5.41, 5.74) is 7.62. The molecule has 0 bridgehead atoms. The van der Waals surface area contributed by atoms with E-state index in [1.165, 1.54) is 5.56 Å². The third kappa shape index (κ3) is 5.95. The molecule has 0 radical (unpaired) electrons. The van der Waals surface area contributed by atoms with Crippen LogP contribution in [-0.2, 0) is 20.0 Å². The molecule has 8 nitrogen and oxygen atoms in total. The number of carbonyl (C=O) groups is 1. The van der Waals surface area contributed by atoms with Crippen LogP contribution in [0.5, 0.6) is 11.6 Å². The van der Waals surface area contributed by atoms with Crippen molar-refractivity contribution >= 4 is 16.8 Å². The highest BCUT2D eigenvalue weighted by molar-refractivity contribution is 5.98. The number of carbonyl (C=O) groups excluding carboxylic acids is 1. The second-order valence-electron chi connectivity index (χ2n) is 11.3. The summed E-state index contributed by atoms with van der Waals surface area (Å²) in [6.07, 6.45) is 5.69. The molecule has 0 amide bonds. The molecule has 0 spiro atoms. The second kappa shape index (κ2) is 11.8. The lowest BCUT2D eigenvalue weighted by atomic mass is 9.96. The normalized spacial score (nSPS) is 14.4. The Morgan fingerprint density at radius 3 is 2.40 bits per heavy atom. The Balaban J connectivity index is 1.21. The van der Waals surface area contributed by atoms with E-state index >= 15 is 0 Å². The molecule has 3 aromatic heterocycles. The van der Waals surface area contributed by atoms with Crippen LogP contribution in [0.25, 0.3) is 22.4 Å². The number of benzene rings is 2. The number of nitrogens with zero attached hydrogens (tertiary/aromatic N) is 6. The Hall–Kier alpha value is -4.40. The third-order valence-electron chi connectivity index (χ3n) is 8.17. The van der Waals surface area contributed by atoms with Crippen LogP contribution >= 0.6 is 0 Å². The number of aromatic nitrogens is 4. The van der Waals surface area contributed by atoms with E-state index in [-0.39, 0.29) is 5.78 Å². The Bertz CT molecular complexity index is 1740. The van der Waals surface area contributed by atoms with Crippen LogP contribution in [0.3, 0.4) is 0 Å². The molecule has 0 atom stereocenters. The fourth-order valence-electron chi connectivity index (χ4n) is 5.44. The monoisotopic (exact) mass is 560 g/mol. The predicted octanol–water partition coefficient (Wildman–Crippen LogP) is 5.61. The third-order valence-corrected chi connectivity index (χ3v) is 8.17. The number of rotatable bonds is 8. The number of piperazine rings is 1. The Labute approximate surface area is 246 Å². The van der Waals surface area contributed by atoms with E-state index in [4.69, 9.17) is 14.7 Å². The number of aryl methyl sites for hydroxylation is 3. The van der Waals surface area contributed by atoms with Crippen LogP contribution in [0.4, 0.5) is 0 Å². The summed E-state index contributed by atoms with van der Waals surface area (Å²) >= 11 is 0. The van der Waals surface area contributed by atoms with E-state index in [2.05, 4.69) is 34.8 Å². The molecular formula is C34H36N6O2. The van der Waals surface area contributed by atoms with Gasteiger partial charge in [0.1, 0.15) is 11.3 Å².